The molecule has 1 unspecified atom stereocenters. The Balaban J connectivity index is 1.56. The molecule has 1 fully saturated rings. The van der Waals surface area contributed by atoms with Gasteiger partial charge < -0.3 is 25.2 Å². The van der Waals surface area contributed by atoms with Crippen LogP contribution in [0.3, 0.4) is 0 Å². The number of nitrogens with zero attached hydrogens (tertiary/aromatic N) is 2. The lowest BCUT2D eigenvalue weighted by atomic mass is 10.00. The van der Waals surface area contributed by atoms with Crippen LogP contribution in [-0.4, -0.2) is 73.4 Å². The summed E-state index contributed by atoms with van der Waals surface area (Å²) < 4.78 is 20.6. The quantitative estimate of drug-likeness (QED) is 0.212. The van der Waals surface area contributed by atoms with Gasteiger partial charge in [-0.15, -0.1) is 0 Å². The van der Waals surface area contributed by atoms with E-state index >= 15 is 0 Å². The molecule has 2 aliphatic heterocycles. The molecule has 2 heterocycles. The third-order valence-corrected chi connectivity index (χ3v) is 6.90. The first-order valence-electron chi connectivity index (χ1n) is 12.6. The number of imide groups is 1. The van der Waals surface area contributed by atoms with Gasteiger partial charge in [0.25, 0.3) is 17.7 Å². The fourth-order valence-corrected chi connectivity index (χ4v) is 4.85. The van der Waals surface area contributed by atoms with Crippen LogP contribution in [-0.2, 0) is 28.7 Å². The number of halogens is 1. The number of ether oxygens (including phenoxy) is 1. The van der Waals surface area contributed by atoms with Crippen molar-refractivity contribution < 1.29 is 43.9 Å². The van der Waals surface area contributed by atoms with E-state index < -0.39 is 35.2 Å². The summed E-state index contributed by atoms with van der Waals surface area (Å²) in [5.41, 5.74) is -1.64. The number of carbonyl (C=O) groups is 3. The number of amides is 3. The minimum absolute atomic E-state index is 0.0102. The second-order valence-electron chi connectivity index (χ2n) is 10.2. The third kappa shape index (κ3) is 5.52. The number of hydrogen-bond donors (Lipinski definition) is 5. The van der Waals surface area contributed by atoms with Gasteiger partial charge in [0.2, 0.25) is 11.6 Å². The molecule has 0 aromatic heterocycles. The number of aliphatic hydroxyl groups excluding tert-OH is 1. The molecule has 2 aromatic rings. The average Bonchev–Trinajstić information content (AvgIpc) is 3.23. The van der Waals surface area contributed by atoms with Crippen molar-refractivity contribution >= 4 is 17.7 Å². The molecule has 5 N–H and O–H groups in total. The Morgan fingerprint density at radius 1 is 1.21 bits per heavy atom. The highest BCUT2D eigenvalue weighted by atomic mass is 19.1. The Labute approximate surface area is 224 Å². The first-order chi connectivity index (χ1) is 18.4. The Hall–Kier alpha value is -3.42. The Bertz CT molecular complexity index is 1280. The van der Waals surface area contributed by atoms with Crippen molar-refractivity contribution in [3.63, 3.8) is 0 Å². The zero-order chi connectivity index (χ0) is 28.5. The average molecular weight is 546 g/mol. The Morgan fingerprint density at radius 3 is 2.62 bits per heavy atom. The van der Waals surface area contributed by atoms with Crippen LogP contribution in [0.2, 0.25) is 0 Å². The van der Waals surface area contributed by atoms with E-state index in [9.17, 15) is 39.2 Å². The van der Waals surface area contributed by atoms with E-state index in [0.29, 0.717) is 5.56 Å². The van der Waals surface area contributed by atoms with Crippen molar-refractivity contribution in [1.29, 1.82) is 0 Å². The van der Waals surface area contributed by atoms with Gasteiger partial charge in [-0.05, 0) is 36.2 Å². The molecule has 39 heavy (non-hydrogen) atoms. The van der Waals surface area contributed by atoms with E-state index in [1.165, 1.54) is 23.1 Å². The summed E-state index contributed by atoms with van der Waals surface area (Å²) in [5.74, 6) is -5.01. The van der Waals surface area contributed by atoms with E-state index in [1.807, 2.05) is 13.8 Å². The van der Waals surface area contributed by atoms with Gasteiger partial charge in [0.15, 0.2) is 0 Å². The molecule has 0 aliphatic carbocycles. The highest BCUT2D eigenvalue weighted by Gasteiger charge is 2.51. The number of aliphatic hydroxyl groups is 4. The van der Waals surface area contributed by atoms with E-state index in [2.05, 4.69) is 5.32 Å². The zero-order valence-electron chi connectivity index (χ0n) is 21.7. The van der Waals surface area contributed by atoms with Crippen LogP contribution in [0.15, 0.2) is 36.4 Å². The molecule has 210 valence electrons. The van der Waals surface area contributed by atoms with E-state index in [0.717, 1.165) is 11.0 Å². The predicted octanol–water partition coefficient (Wildman–Crippen LogP) is 0.531. The van der Waals surface area contributed by atoms with Crippen molar-refractivity contribution in [1.82, 2.24) is 15.1 Å². The number of fused-ring (bicyclic) bond motifs is 1. The SMILES string of the molecule is CC(C)CN(CCO)C(O)(O)c1ccc(F)c(COc2cccc3c2CN(C2(O)CCC(=O)NC2=O)C3=O)c1. The molecule has 1 atom stereocenters. The summed E-state index contributed by atoms with van der Waals surface area (Å²) in [7, 11) is 0. The lowest BCUT2D eigenvalue weighted by Crippen LogP contribution is -2.63. The van der Waals surface area contributed by atoms with Gasteiger partial charge in [-0.2, -0.15) is 0 Å². The van der Waals surface area contributed by atoms with Crippen LogP contribution >= 0.6 is 0 Å². The first-order valence-corrected chi connectivity index (χ1v) is 12.6. The van der Waals surface area contributed by atoms with Crippen LogP contribution in [0.4, 0.5) is 4.39 Å². The minimum Gasteiger partial charge on any atom is -0.488 e. The van der Waals surface area contributed by atoms with Gasteiger partial charge in [0.1, 0.15) is 18.2 Å². The van der Waals surface area contributed by atoms with Gasteiger partial charge in [-0.1, -0.05) is 19.9 Å². The number of carbonyl (C=O) groups excluding carboxylic acids is 3. The first kappa shape index (κ1) is 28.6. The van der Waals surface area contributed by atoms with Crippen LogP contribution in [0.5, 0.6) is 5.75 Å². The lowest BCUT2D eigenvalue weighted by molar-refractivity contribution is -0.279. The topological polar surface area (TPSA) is 160 Å². The summed E-state index contributed by atoms with van der Waals surface area (Å²) in [4.78, 5) is 39.3. The van der Waals surface area contributed by atoms with Gasteiger partial charge in [-0.25, -0.2) is 9.29 Å². The lowest BCUT2D eigenvalue weighted by Gasteiger charge is -2.37. The van der Waals surface area contributed by atoms with Gasteiger partial charge in [0, 0.05) is 48.2 Å². The maximum absolute atomic E-state index is 14.7. The molecule has 0 saturated carbocycles. The molecule has 1 saturated heterocycles. The molecule has 0 spiro atoms. The van der Waals surface area contributed by atoms with Crippen LogP contribution in [0, 0.1) is 11.7 Å². The fraction of sp³-hybridized carbons (Fsp3) is 0.444. The second-order valence-corrected chi connectivity index (χ2v) is 10.2. The largest absolute Gasteiger partial charge is 0.488 e. The molecule has 2 aromatic carbocycles. The summed E-state index contributed by atoms with van der Waals surface area (Å²) in [6.45, 7) is 3.19. The van der Waals surface area contributed by atoms with Crippen LogP contribution in [0.25, 0.3) is 0 Å². The molecule has 11 nitrogen and oxygen atoms in total. The van der Waals surface area contributed by atoms with E-state index in [4.69, 9.17) is 4.74 Å². The van der Waals surface area contributed by atoms with Crippen molar-refractivity contribution in [2.45, 2.75) is 51.5 Å². The second kappa shape index (κ2) is 11.0. The Kier molecular flexibility index (Phi) is 8.05. The monoisotopic (exact) mass is 545 g/mol. The van der Waals surface area contributed by atoms with Crippen molar-refractivity contribution in [2.75, 3.05) is 19.7 Å². The van der Waals surface area contributed by atoms with Crippen molar-refractivity contribution in [3.05, 3.63) is 64.5 Å². The van der Waals surface area contributed by atoms with Gasteiger partial charge >= 0.3 is 0 Å². The molecule has 4 rings (SSSR count). The minimum atomic E-state index is -2.48. The highest BCUT2D eigenvalue weighted by Crippen LogP contribution is 2.37. The van der Waals surface area contributed by atoms with E-state index in [-0.39, 0.29) is 74.0 Å². The molecule has 0 radical (unpaired) electrons. The number of hydrogen-bond acceptors (Lipinski definition) is 9. The number of piperidine rings is 1. The molecule has 12 heteroatoms. The summed E-state index contributed by atoms with van der Waals surface area (Å²) >= 11 is 0. The number of nitrogens with one attached hydrogen (secondary N) is 1. The van der Waals surface area contributed by atoms with Crippen LogP contribution < -0.4 is 10.1 Å². The molecular weight excluding hydrogens is 513 g/mol. The number of benzene rings is 2. The third-order valence-electron chi connectivity index (χ3n) is 6.90. The smallest absolute Gasteiger partial charge is 0.279 e. The number of rotatable bonds is 10. The predicted molar refractivity (Wildman–Crippen MR) is 134 cm³/mol. The molecular formula is C27H32FN3O8. The zero-order valence-corrected chi connectivity index (χ0v) is 21.7. The fourth-order valence-electron chi connectivity index (χ4n) is 4.85. The molecule has 2 aliphatic rings. The summed E-state index contributed by atoms with van der Waals surface area (Å²) in [6.07, 6.45) is -0.384. The van der Waals surface area contributed by atoms with Crippen LogP contribution in [0.1, 0.15) is 53.7 Å². The summed E-state index contributed by atoms with van der Waals surface area (Å²) in [6, 6.07) is 8.19. The maximum atomic E-state index is 14.7. The van der Waals surface area contributed by atoms with Gasteiger partial charge in [-0.3, -0.25) is 24.6 Å². The maximum Gasteiger partial charge on any atom is 0.279 e. The van der Waals surface area contributed by atoms with Crippen molar-refractivity contribution in [3.8, 4) is 5.75 Å². The highest BCUT2D eigenvalue weighted by molar-refractivity contribution is 6.06. The molecule has 3 amide bonds. The Morgan fingerprint density at radius 2 is 1.95 bits per heavy atom. The molecule has 0 bridgehead atoms. The van der Waals surface area contributed by atoms with Crippen molar-refractivity contribution in [2.24, 2.45) is 5.92 Å². The van der Waals surface area contributed by atoms with E-state index in [1.54, 1.807) is 12.1 Å². The standard InChI is InChI=1S/C27H32FN3O8/c1-16(2)13-30(10-11-32)27(37,38)18-6-7-21(28)17(12-18)15-39-22-5-3-4-19-20(22)14-31(24(19)34)26(36)9-8-23(33)29-25(26)35/h3-7,12,16,32,36-38H,8-11,13-15H2,1-2H3,(H,29,33,35). The van der Waals surface area contributed by atoms with Gasteiger partial charge in [0.05, 0.1) is 13.2 Å². The normalized spacial score (nSPS) is 19.6. The summed E-state index contributed by atoms with van der Waals surface area (Å²) in [5, 5.41) is 44.2.